The van der Waals surface area contributed by atoms with Crippen LogP contribution in [0.25, 0.3) is 0 Å². The minimum atomic E-state index is 0.121. The number of H-pyrrole nitrogens is 1. The molecule has 1 heterocycles. The second-order valence-electron chi connectivity index (χ2n) is 4.02. The molecule has 0 spiro atoms. The van der Waals surface area contributed by atoms with Gasteiger partial charge in [0.15, 0.2) is 0 Å². The first kappa shape index (κ1) is 8.75. The maximum Gasteiger partial charge on any atom is 0.123 e. The van der Waals surface area contributed by atoms with Crippen molar-refractivity contribution in [2.75, 3.05) is 0 Å². The first-order valence-electron chi connectivity index (χ1n) is 5.04. The molecule has 3 heteroatoms. The fourth-order valence-corrected chi connectivity index (χ4v) is 2.14. The number of aromatic nitrogens is 2. The summed E-state index contributed by atoms with van der Waals surface area (Å²) in [6, 6.07) is 0.121. The normalized spacial score (nSPS) is 20.8. The third-order valence-electron chi connectivity index (χ3n) is 2.95. The molecule has 0 aliphatic heterocycles. The molecule has 3 nitrogen and oxygen atoms in total. The number of imidazole rings is 1. The van der Waals surface area contributed by atoms with Crippen molar-refractivity contribution in [3.63, 3.8) is 0 Å². The smallest absolute Gasteiger partial charge is 0.123 e. The summed E-state index contributed by atoms with van der Waals surface area (Å²) in [6.07, 6.45) is 7.04. The van der Waals surface area contributed by atoms with Crippen molar-refractivity contribution in [3.8, 4) is 0 Å². The van der Waals surface area contributed by atoms with E-state index in [1.165, 1.54) is 25.7 Å². The first-order chi connectivity index (χ1) is 6.27. The van der Waals surface area contributed by atoms with Gasteiger partial charge in [-0.15, -0.1) is 0 Å². The predicted octanol–water partition coefficient (Wildman–Crippen LogP) is 1.91. The van der Waals surface area contributed by atoms with Gasteiger partial charge in [-0.05, 0) is 25.7 Å². The summed E-state index contributed by atoms with van der Waals surface area (Å²) in [6.45, 7) is 2.01. The Morgan fingerprint density at radius 1 is 1.54 bits per heavy atom. The lowest BCUT2D eigenvalue weighted by Crippen LogP contribution is -2.20. The third kappa shape index (κ3) is 1.75. The number of nitrogens with two attached hydrogens (primary N) is 1. The van der Waals surface area contributed by atoms with Crippen molar-refractivity contribution < 1.29 is 0 Å². The molecule has 13 heavy (non-hydrogen) atoms. The van der Waals surface area contributed by atoms with Crippen LogP contribution < -0.4 is 5.73 Å². The highest BCUT2D eigenvalue weighted by Crippen LogP contribution is 2.32. The Kier molecular flexibility index (Phi) is 2.36. The molecule has 0 radical (unpaired) electrons. The molecule has 1 aliphatic carbocycles. The van der Waals surface area contributed by atoms with E-state index in [9.17, 15) is 0 Å². The molecule has 2 rings (SSSR count). The van der Waals surface area contributed by atoms with Gasteiger partial charge in [0.2, 0.25) is 0 Å². The Hall–Kier alpha value is -0.830. The summed E-state index contributed by atoms with van der Waals surface area (Å²) in [5.74, 6) is 1.61. The van der Waals surface area contributed by atoms with Crippen molar-refractivity contribution >= 4 is 0 Å². The molecule has 0 bridgehead atoms. The lowest BCUT2D eigenvalue weighted by molar-refractivity contribution is 0.430. The number of aryl methyl sites for hydroxylation is 1. The summed E-state index contributed by atoms with van der Waals surface area (Å²) in [5, 5.41) is 0. The molecule has 1 fully saturated rings. The van der Waals surface area contributed by atoms with Crippen molar-refractivity contribution in [2.24, 2.45) is 11.7 Å². The van der Waals surface area contributed by atoms with E-state index in [4.69, 9.17) is 5.73 Å². The average molecular weight is 179 g/mol. The van der Waals surface area contributed by atoms with Gasteiger partial charge in [-0.2, -0.15) is 0 Å². The Labute approximate surface area is 78.7 Å². The van der Waals surface area contributed by atoms with Crippen LogP contribution in [0.1, 0.15) is 43.2 Å². The summed E-state index contributed by atoms with van der Waals surface area (Å²) >= 11 is 0. The quantitative estimate of drug-likeness (QED) is 0.728. The van der Waals surface area contributed by atoms with Gasteiger partial charge in [-0.25, -0.2) is 4.98 Å². The minimum Gasteiger partial charge on any atom is -0.345 e. The molecule has 0 aromatic carbocycles. The lowest BCUT2D eigenvalue weighted by Gasteiger charge is -2.15. The van der Waals surface area contributed by atoms with Gasteiger partial charge < -0.3 is 10.7 Å². The van der Waals surface area contributed by atoms with Crippen LogP contribution in [-0.2, 0) is 0 Å². The monoisotopic (exact) mass is 179 g/mol. The molecule has 1 unspecified atom stereocenters. The van der Waals surface area contributed by atoms with E-state index >= 15 is 0 Å². The number of hydrogen-bond donors (Lipinski definition) is 2. The average Bonchev–Trinajstić information content (AvgIpc) is 2.72. The van der Waals surface area contributed by atoms with Crippen LogP contribution in [0.5, 0.6) is 0 Å². The SMILES string of the molecule is Cc1cnc(C(N)C2CCCC2)[nH]1. The molecular weight excluding hydrogens is 162 g/mol. The van der Waals surface area contributed by atoms with Crippen molar-refractivity contribution in [1.82, 2.24) is 9.97 Å². The highest BCUT2D eigenvalue weighted by Gasteiger charge is 2.24. The van der Waals surface area contributed by atoms with Gasteiger partial charge in [-0.3, -0.25) is 0 Å². The zero-order valence-electron chi connectivity index (χ0n) is 8.09. The Balaban J connectivity index is 2.07. The summed E-state index contributed by atoms with van der Waals surface area (Å²) in [7, 11) is 0. The zero-order chi connectivity index (χ0) is 9.26. The van der Waals surface area contributed by atoms with Crippen LogP contribution in [-0.4, -0.2) is 9.97 Å². The second kappa shape index (κ2) is 3.50. The fourth-order valence-electron chi connectivity index (χ4n) is 2.14. The topological polar surface area (TPSA) is 54.7 Å². The van der Waals surface area contributed by atoms with E-state index in [1.54, 1.807) is 0 Å². The molecule has 1 aromatic heterocycles. The summed E-state index contributed by atoms with van der Waals surface area (Å²) < 4.78 is 0. The maximum absolute atomic E-state index is 6.12. The van der Waals surface area contributed by atoms with Gasteiger partial charge in [0.25, 0.3) is 0 Å². The summed E-state index contributed by atoms with van der Waals surface area (Å²) in [4.78, 5) is 7.50. The second-order valence-corrected chi connectivity index (χ2v) is 4.02. The number of aromatic amines is 1. The van der Waals surface area contributed by atoms with E-state index in [2.05, 4.69) is 9.97 Å². The molecule has 0 amide bonds. The maximum atomic E-state index is 6.12. The van der Waals surface area contributed by atoms with Crippen molar-refractivity contribution in [1.29, 1.82) is 0 Å². The number of nitrogens with one attached hydrogen (secondary N) is 1. The third-order valence-corrected chi connectivity index (χ3v) is 2.95. The molecule has 1 aromatic rings. The van der Waals surface area contributed by atoms with Gasteiger partial charge in [0.05, 0.1) is 6.04 Å². The van der Waals surface area contributed by atoms with Gasteiger partial charge in [-0.1, -0.05) is 12.8 Å². The van der Waals surface area contributed by atoms with E-state index in [0.29, 0.717) is 5.92 Å². The van der Waals surface area contributed by atoms with Crippen molar-refractivity contribution in [3.05, 3.63) is 17.7 Å². The van der Waals surface area contributed by atoms with Crippen molar-refractivity contribution in [2.45, 2.75) is 38.6 Å². The molecule has 1 saturated carbocycles. The van der Waals surface area contributed by atoms with Crippen LogP contribution in [0.4, 0.5) is 0 Å². The largest absolute Gasteiger partial charge is 0.345 e. The van der Waals surface area contributed by atoms with E-state index in [0.717, 1.165) is 11.5 Å². The molecular formula is C10H17N3. The van der Waals surface area contributed by atoms with Crippen LogP contribution in [0.2, 0.25) is 0 Å². The highest BCUT2D eigenvalue weighted by atomic mass is 15.0. The fraction of sp³-hybridized carbons (Fsp3) is 0.700. The van der Waals surface area contributed by atoms with Crippen LogP contribution in [0.3, 0.4) is 0 Å². The van der Waals surface area contributed by atoms with Crippen LogP contribution in [0.15, 0.2) is 6.20 Å². The molecule has 1 aliphatic rings. The minimum absolute atomic E-state index is 0.121. The molecule has 1 atom stereocenters. The Bertz CT molecular complexity index is 273. The van der Waals surface area contributed by atoms with Gasteiger partial charge in [0, 0.05) is 11.9 Å². The predicted molar refractivity (Wildman–Crippen MR) is 52.2 cm³/mol. The van der Waals surface area contributed by atoms with Crippen LogP contribution >= 0.6 is 0 Å². The number of rotatable bonds is 2. The molecule has 72 valence electrons. The standard InChI is InChI=1S/C10H17N3/c1-7-6-12-10(13-7)9(11)8-4-2-3-5-8/h6,8-9H,2-5,11H2,1H3,(H,12,13). The number of hydrogen-bond acceptors (Lipinski definition) is 2. The Morgan fingerprint density at radius 3 is 2.77 bits per heavy atom. The van der Waals surface area contributed by atoms with Crippen LogP contribution in [0, 0.1) is 12.8 Å². The lowest BCUT2D eigenvalue weighted by atomic mass is 9.99. The molecule has 0 saturated heterocycles. The van der Waals surface area contributed by atoms with E-state index < -0.39 is 0 Å². The number of nitrogens with zero attached hydrogens (tertiary/aromatic N) is 1. The van der Waals surface area contributed by atoms with E-state index in [1.807, 2.05) is 13.1 Å². The highest BCUT2D eigenvalue weighted by molar-refractivity contribution is 5.04. The summed E-state index contributed by atoms with van der Waals surface area (Å²) in [5.41, 5.74) is 7.22. The van der Waals surface area contributed by atoms with Gasteiger partial charge >= 0.3 is 0 Å². The Morgan fingerprint density at radius 2 is 2.23 bits per heavy atom. The zero-order valence-corrected chi connectivity index (χ0v) is 8.09. The molecule has 3 N–H and O–H groups in total. The van der Waals surface area contributed by atoms with E-state index in [-0.39, 0.29) is 6.04 Å². The first-order valence-corrected chi connectivity index (χ1v) is 5.04. The van der Waals surface area contributed by atoms with Gasteiger partial charge in [0.1, 0.15) is 5.82 Å².